The van der Waals surface area contributed by atoms with Gasteiger partial charge in [-0.1, -0.05) is 12.1 Å². The second-order valence-electron chi connectivity index (χ2n) is 2.73. The summed E-state index contributed by atoms with van der Waals surface area (Å²) >= 11 is -2.11. The van der Waals surface area contributed by atoms with Crippen LogP contribution in [0.5, 0.6) is 0 Å². The Morgan fingerprint density at radius 3 is 2.46 bits per heavy atom. The molecule has 1 rings (SSSR count). The monoisotopic (exact) mass is 198 g/mol. The van der Waals surface area contributed by atoms with E-state index >= 15 is 0 Å². The molecule has 0 saturated carbocycles. The van der Waals surface area contributed by atoms with Crippen LogP contribution in [0.2, 0.25) is 0 Å². The molecule has 0 amide bonds. The normalized spacial score (nSPS) is 12.8. The Morgan fingerprint density at radius 1 is 1.38 bits per heavy atom. The molecule has 1 aromatic carbocycles. The Labute approximate surface area is 80.5 Å². The highest BCUT2D eigenvalue weighted by Crippen LogP contribution is 2.07. The lowest BCUT2D eigenvalue weighted by Gasteiger charge is -2.05. The molecule has 1 aromatic rings. The average Bonchev–Trinajstić information content (AvgIpc) is 2.15. The Balaban J connectivity index is 2.64. The molecule has 3 nitrogen and oxygen atoms in total. The first-order valence-electron chi connectivity index (χ1n) is 4.07. The van der Waals surface area contributed by atoms with Gasteiger partial charge in [-0.3, -0.25) is 4.21 Å². The standard InChI is InChI=1S/C9H13NO2S/c1-10-7-6-8-2-4-9(5-3-8)13(11)12/h2-5,10H,6-7H2,1H3,(H,11,12)/p-1. The first kappa shape index (κ1) is 10.4. The van der Waals surface area contributed by atoms with Gasteiger partial charge in [0.05, 0.1) is 0 Å². The van der Waals surface area contributed by atoms with E-state index in [1.807, 2.05) is 19.2 Å². The third kappa shape index (κ3) is 3.26. The van der Waals surface area contributed by atoms with Crippen LogP contribution in [0.15, 0.2) is 29.2 Å². The number of nitrogens with one attached hydrogen (secondary N) is 1. The fourth-order valence-corrected chi connectivity index (χ4v) is 1.39. The largest absolute Gasteiger partial charge is 0.768 e. The first-order chi connectivity index (χ1) is 6.24. The zero-order chi connectivity index (χ0) is 9.68. The molecule has 0 aromatic heterocycles. The summed E-state index contributed by atoms with van der Waals surface area (Å²) in [4.78, 5) is 0.341. The predicted octanol–water partition coefficient (Wildman–Crippen LogP) is 0.687. The number of hydrogen-bond donors (Lipinski definition) is 1. The second kappa shape index (κ2) is 5.11. The Hall–Kier alpha value is -0.710. The molecular weight excluding hydrogens is 186 g/mol. The van der Waals surface area contributed by atoms with Crippen LogP contribution in [-0.4, -0.2) is 22.4 Å². The fraction of sp³-hybridized carbons (Fsp3) is 0.333. The van der Waals surface area contributed by atoms with E-state index in [4.69, 9.17) is 0 Å². The van der Waals surface area contributed by atoms with Crippen LogP contribution >= 0.6 is 0 Å². The molecule has 0 aliphatic heterocycles. The summed E-state index contributed by atoms with van der Waals surface area (Å²) in [7, 11) is 1.89. The average molecular weight is 198 g/mol. The molecular formula is C9H12NO2S-. The quantitative estimate of drug-likeness (QED) is 0.724. The summed E-state index contributed by atoms with van der Waals surface area (Å²) in [6, 6.07) is 6.91. The highest BCUT2D eigenvalue weighted by atomic mass is 32.2. The third-order valence-corrected chi connectivity index (χ3v) is 2.44. The molecule has 0 spiro atoms. The van der Waals surface area contributed by atoms with Gasteiger partial charge in [-0.05, 0) is 48.8 Å². The van der Waals surface area contributed by atoms with Crippen LogP contribution in [0.1, 0.15) is 5.56 Å². The Kier molecular flexibility index (Phi) is 4.08. The third-order valence-electron chi connectivity index (χ3n) is 1.78. The fourth-order valence-electron chi connectivity index (χ4n) is 1.04. The summed E-state index contributed by atoms with van der Waals surface area (Å²) in [6.45, 7) is 0.903. The van der Waals surface area contributed by atoms with Crippen molar-refractivity contribution in [3.8, 4) is 0 Å². The maximum atomic E-state index is 10.5. The Morgan fingerprint density at radius 2 is 2.00 bits per heavy atom. The van der Waals surface area contributed by atoms with E-state index in [0.29, 0.717) is 4.90 Å². The van der Waals surface area contributed by atoms with Gasteiger partial charge in [0, 0.05) is 4.90 Å². The van der Waals surface area contributed by atoms with E-state index in [2.05, 4.69) is 5.32 Å². The number of hydrogen-bond acceptors (Lipinski definition) is 3. The molecule has 0 aliphatic rings. The molecule has 72 valence electrons. The van der Waals surface area contributed by atoms with Gasteiger partial charge < -0.3 is 9.87 Å². The highest BCUT2D eigenvalue weighted by Gasteiger charge is 1.93. The lowest BCUT2D eigenvalue weighted by Crippen LogP contribution is -2.10. The summed E-state index contributed by atoms with van der Waals surface area (Å²) in [5, 5.41) is 3.03. The van der Waals surface area contributed by atoms with Crippen LogP contribution in [-0.2, 0) is 17.5 Å². The van der Waals surface area contributed by atoms with E-state index in [1.165, 1.54) is 0 Å². The van der Waals surface area contributed by atoms with Crippen molar-refractivity contribution in [2.24, 2.45) is 0 Å². The van der Waals surface area contributed by atoms with Gasteiger partial charge in [0.1, 0.15) is 0 Å². The van der Waals surface area contributed by atoms with Crippen molar-refractivity contribution in [1.82, 2.24) is 5.32 Å². The second-order valence-corrected chi connectivity index (χ2v) is 3.67. The highest BCUT2D eigenvalue weighted by molar-refractivity contribution is 7.79. The van der Waals surface area contributed by atoms with Gasteiger partial charge in [-0.25, -0.2) is 0 Å². The van der Waals surface area contributed by atoms with Crippen LogP contribution in [0.4, 0.5) is 0 Å². The maximum Gasteiger partial charge on any atom is 0.0248 e. The van der Waals surface area contributed by atoms with E-state index in [-0.39, 0.29) is 0 Å². The summed E-state index contributed by atoms with van der Waals surface area (Å²) < 4.78 is 21.0. The predicted molar refractivity (Wildman–Crippen MR) is 51.3 cm³/mol. The molecule has 1 atom stereocenters. The van der Waals surface area contributed by atoms with Crippen LogP contribution < -0.4 is 5.32 Å². The van der Waals surface area contributed by atoms with E-state index in [1.54, 1.807) is 12.1 Å². The minimum absolute atomic E-state index is 0.341. The SMILES string of the molecule is CNCCc1ccc(S(=O)[O-])cc1. The van der Waals surface area contributed by atoms with Gasteiger partial charge in [-0.2, -0.15) is 0 Å². The minimum atomic E-state index is -2.11. The van der Waals surface area contributed by atoms with Gasteiger partial charge in [0.25, 0.3) is 0 Å². The van der Waals surface area contributed by atoms with Crippen molar-refractivity contribution >= 4 is 11.1 Å². The van der Waals surface area contributed by atoms with Gasteiger partial charge >= 0.3 is 0 Å². The molecule has 0 aliphatic carbocycles. The zero-order valence-corrected chi connectivity index (χ0v) is 8.26. The first-order valence-corrected chi connectivity index (χ1v) is 5.14. The van der Waals surface area contributed by atoms with Crippen molar-refractivity contribution in [3.05, 3.63) is 29.8 Å². The van der Waals surface area contributed by atoms with Gasteiger partial charge in [0.15, 0.2) is 0 Å². The summed E-state index contributed by atoms with van der Waals surface area (Å²) in [6.07, 6.45) is 0.919. The molecule has 0 saturated heterocycles. The molecule has 1 unspecified atom stereocenters. The van der Waals surface area contributed by atoms with Crippen molar-refractivity contribution < 1.29 is 8.76 Å². The summed E-state index contributed by atoms with van der Waals surface area (Å²) in [5.74, 6) is 0. The smallest absolute Gasteiger partial charge is 0.0248 e. The van der Waals surface area contributed by atoms with Crippen LogP contribution in [0.3, 0.4) is 0 Å². The van der Waals surface area contributed by atoms with Crippen molar-refractivity contribution in [2.45, 2.75) is 11.3 Å². The van der Waals surface area contributed by atoms with Crippen LogP contribution in [0, 0.1) is 0 Å². The van der Waals surface area contributed by atoms with Gasteiger partial charge in [0.2, 0.25) is 0 Å². The van der Waals surface area contributed by atoms with Crippen LogP contribution in [0.25, 0.3) is 0 Å². The van der Waals surface area contributed by atoms with Crippen molar-refractivity contribution in [2.75, 3.05) is 13.6 Å². The molecule has 0 heterocycles. The lowest BCUT2D eigenvalue weighted by atomic mass is 10.1. The molecule has 0 radical (unpaired) electrons. The van der Waals surface area contributed by atoms with E-state index < -0.39 is 11.1 Å². The summed E-state index contributed by atoms with van der Waals surface area (Å²) in [5.41, 5.74) is 1.14. The lowest BCUT2D eigenvalue weighted by molar-refractivity contribution is 0.537. The topological polar surface area (TPSA) is 52.2 Å². The molecule has 1 N–H and O–H groups in total. The Bertz CT molecular complexity index is 284. The van der Waals surface area contributed by atoms with Crippen molar-refractivity contribution in [1.29, 1.82) is 0 Å². The van der Waals surface area contributed by atoms with E-state index in [0.717, 1.165) is 18.5 Å². The molecule has 0 bridgehead atoms. The minimum Gasteiger partial charge on any atom is -0.768 e. The zero-order valence-electron chi connectivity index (χ0n) is 7.45. The number of rotatable bonds is 4. The van der Waals surface area contributed by atoms with Crippen molar-refractivity contribution in [3.63, 3.8) is 0 Å². The molecule has 0 fully saturated rings. The van der Waals surface area contributed by atoms with Gasteiger partial charge in [-0.15, -0.1) is 0 Å². The maximum absolute atomic E-state index is 10.5. The number of likely N-dealkylation sites (N-methyl/N-ethyl adjacent to an activating group) is 1. The number of benzene rings is 1. The molecule has 13 heavy (non-hydrogen) atoms. The van der Waals surface area contributed by atoms with E-state index in [9.17, 15) is 8.76 Å². The molecule has 4 heteroatoms.